The average Bonchev–Trinajstić information content (AvgIpc) is 2.40. The fourth-order valence-corrected chi connectivity index (χ4v) is 2.61. The van der Waals surface area contributed by atoms with Crippen molar-refractivity contribution in [2.45, 2.75) is 17.1 Å². The van der Waals surface area contributed by atoms with Crippen LogP contribution in [0.15, 0.2) is 53.4 Å². The second-order valence-electron chi connectivity index (χ2n) is 3.95. The molecule has 18 heavy (non-hydrogen) atoms. The molecule has 0 saturated carbocycles. The van der Waals surface area contributed by atoms with Gasteiger partial charge in [-0.05, 0) is 48.9 Å². The maximum Gasteiger partial charge on any atom is 0.123 e. The van der Waals surface area contributed by atoms with Gasteiger partial charge in [-0.15, -0.1) is 11.8 Å². The Bertz CT molecular complexity index is 555. The molecule has 0 N–H and O–H groups in total. The zero-order valence-corrected chi connectivity index (χ0v) is 10.7. The summed E-state index contributed by atoms with van der Waals surface area (Å²) >= 11 is 1.69. The summed E-state index contributed by atoms with van der Waals surface area (Å²) in [5.41, 5.74) is 1.75. The van der Waals surface area contributed by atoms with Crippen molar-refractivity contribution in [2.75, 3.05) is 0 Å². The number of benzene rings is 2. The monoisotopic (exact) mass is 257 g/mol. The maximum absolute atomic E-state index is 12.8. The molecule has 0 bridgehead atoms. The van der Waals surface area contributed by atoms with Gasteiger partial charge in [0.05, 0.1) is 11.6 Å². The fraction of sp³-hybridized carbons (Fsp3) is 0.133. The lowest BCUT2D eigenvalue weighted by atomic mass is 10.2. The Labute approximate surface area is 110 Å². The van der Waals surface area contributed by atoms with E-state index in [2.05, 4.69) is 13.0 Å². The quantitative estimate of drug-likeness (QED) is 0.753. The van der Waals surface area contributed by atoms with Crippen molar-refractivity contribution < 1.29 is 4.39 Å². The lowest BCUT2D eigenvalue weighted by Gasteiger charge is -2.11. The minimum absolute atomic E-state index is 0.214. The minimum Gasteiger partial charge on any atom is -0.207 e. The Hall–Kier alpha value is -1.79. The van der Waals surface area contributed by atoms with Gasteiger partial charge in [0.1, 0.15) is 5.82 Å². The molecule has 1 atom stereocenters. The molecular formula is C15H12FNS. The molecule has 1 nitrogen and oxygen atoms in total. The molecule has 2 aromatic rings. The predicted octanol–water partition coefficient (Wildman–Crippen LogP) is 4.55. The van der Waals surface area contributed by atoms with Gasteiger partial charge in [-0.2, -0.15) is 5.26 Å². The number of hydrogen-bond donors (Lipinski definition) is 0. The van der Waals surface area contributed by atoms with Gasteiger partial charge in [0.2, 0.25) is 0 Å². The first kappa shape index (κ1) is 12.7. The summed E-state index contributed by atoms with van der Waals surface area (Å²) in [5.74, 6) is -0.214. The highest BCUT2D eigenvalue weighted by atomic mass is 32.2. The van der Waals surface area contributed by atoms with E-state index < -0.39 is 0 Å². The van der Waals surface area contributed by atoms with Gasteiger partial charge in [0.15, 0.2) is 0 Å². The zero-order valence-electron chi connectivity index (χ0n) is 9.93. The van der Waals surface area contributed by atoms with Gasteiger partial charge < -0.3 is 0 Å². The lowest BCUT2D eigenvalue weighted by Crippen LogP contribution is -1.88. The van der Waals surface area contributed by atoms with E-state index >= 15 is 0 Å². The van der Waals surface area contributed by atoms with Crippen LogP contribution in [-0.4, -0.2) is 0 Å². The van der Waals surface area contributed by atoms with Crippen LogP contribution in [0.1, 0.15) is 23.3 Å². The van der Waals surface area contributed by atoms with Gasteiger partial charge in [-0.1, -0.05) is 12.1 Å². The second kappa shape index (κ2) is 5.70. The summed E-state index contributed by atoms with van der Waals surface area (Å²) in [7, 11) is 0. The zero-order chi connectivity index (χ0) is 13.0. The predicted molar refractivity (Wildman–Crippen MR) is 71.8 cm³/mol. The Morgan fingerprint density at radius 2 is 1.67 bits per heavy atom. The fourth-order valence-electron chi connectivity index (χ4n) is 1.61. The molecule has 0 heterocycles. The van der Waals surface area contributed by atoms with E-state index in [9.17, 15) is 4.39 Å². The van der Waals surface area contributed by atoms with Gasteiger partial charge in [0.25, 0.3) is 0 Å². The third-order valence-electron chi connectivity index (χ3n) is 2.64. The molecule has 0 aliphatic rings. The van der Waals surface area contributed by atoms with E-state index in [0.717, 1.165) is 10.5 Å². The third kappa shape index (κ3) is 3.12. The van der Waals surface area contributed by atoms with Crippen LogP contribution in [0.5, 0.6) is 0 Å². The summed E-state index contributed by atoms with van der Waals surface area (Å²) in [6.07, 6.45) is 0. The van der Waals surface area contributed by atoms with Crippen LogP contribution in [-0.2, 0) is 0 Å². The Kier molecular flexibility index (Phi) is 4.01. The first-order valence-electron chi connectivity index (χ1n) is 5.61. The van der Waals surface area contributed by atoms with Gasteiger partial charge in [-0.3, -0.25) is 0 Å². The molecule has 0 aromatic heterocycles. The topological polar surface area (TPSA) is 23.8 Å². The Morgan fingerprint density at radius 1 is 1.06 bits per heavy atom. The van der Waals surface area contributed by atoms with E-state index in [4.69, 9.17) is 5.26 Å². The average molecular weight is 257 g/mol. The molecule has 2 rings (SSSR count). The lowest BCUT2D eigenvalue weighted by molar-refractivity contribution is 0.627. The van der Waals surface area contributed by atoms with E-state index in [-0.39, 0.29) is 11.1 Å². The van der Waals surface area contributed by atoms with E-state index in [1.165, 1.54) is 12.1 Å². The summed E-state index contributed by atoms with van der Waals surface area (Å²) < 4.78 is 12.8. The highest BCUT2D eigenvalue weighted by molar-refractivity contribution is 7.99. The molecule has 3 heteroatoms. The molecule has 1 unspecified atom stereocenters. The Morgan fingerprint density at radius 3 is 2.22 bits per heavy atom. The number of hydrogen-bond acceptors (Lipinski definition) is 2. The normalized spacial score (nSPS) is 11.8. The van der Waals surface area contributed by atoms with Crippen LogP contribution < -0.4 is 0 Å². The van der Waals surface area contributed by atoms with Gasteiger partial charge in [0, 0.05) is 10.1 Å². The summed E-state index contributed by atoms with van der Waals surface area (Å²) in [4.78, 5) is 1.10. The summed E-state index contributed by atoms with van der Waals surface area (Å²) in [6, 6.07) is 16.1. The first-order chi connectivity index (χ1) is 8.69. The highest BCUT2D eigenvalue weighted by Crippen LogP contribution is 2.34. The number of nitriles is 1. The Balaban J connectivity index is 2.08. The third-order valence-corrected chi connectivity index (χ3v) is 3.81. The second-order valence-corrected chi connectivity index (χ2v) is 5.36. The molecule has 0 radical (unpaired) electrons. The van der Waals surface area contributed by atoms with E-state index in [1.54, 1.807) is 36.0 Å². The van der Waals surface area contributed by atoms with Crippen molar-refractivity contribution in [3.63, 3.8) is 0 Å². The minimum atomic E-state index is -0.214. The largest absolute Gasteiger partial charge is 0.207 e. The molecule has 0 fully saturated rings. The van der Waals surface area contributed by atoms with Crippen molar-refractivity contribution in [3.8, 4) is 6.07 Å². The van der Waals surface area contributed by atoms with Crippen LogP contribution in [0.2, 0.25) is 0 Å². The van der Waals surface area contributed by atoms with E-state index in [0.29, 0.717) is 5.56 Å². The van der Waals surface area contributed by atoms with Crippen molar-refractivity contribution in [3.05, 3.63) is 65.5 Å². The van der Waals surface area contributed by atoms with Crippen molar-refractivity contribution in [2.24, 2.45) is 0 Å². The smallest absolute Gasteiger partial charge is 0.123 e. The van der Waals surface area contributed by atoms with Crippen molar-refractivity contribution >= 4 is 11.8 Å². The number of thioether (sulfide) groups is 1. The summed E-state index contributed by atoms with van der Waals surface area (Å²) in [6.45, 7) is 2.08. The molecular weight excluding hydrogens is 245 g/mol. The molecule has 0 amide bonds. The van der Waals surface area contributed by atoms with Crippen molar-refractivity contribution in [1.82, 2.24) is 0 Å². The molecule has 0 aliphatic carbocycles. The first-order valence-corrected chi connectivity index (χ1v) is 6.49. The number of nitrogens with zero attached hydrogens (tertiary/aromatic N) is 1. The van der Waals surface area contributed by atoms with E-state index in [1.807, 2.05) is 12.1 Å². The highest BCUT2D eigenvalue weighted by Gasteiger charge is 2.07. The van der Waals surface area contributed by atoms with Crippen LogP contribution in [0, 0.1) is 17.1 Å². The van der Waals surface area contributed by atoms with Crippen LogP contribution >= 0.6 is 11.8 Å². The van der Waals surface area contributed by atoms with Crippen LogP contribution in [0.3, 0.4) is 0 Å². The molecule has 0 saturated heterocycles. The molecule has 0 spiro atoms. The number of halogens is 1. The SMILES string of the molecule is CC(Sc1ccc(C#N)cc1)c1ccc(F)cc1. The van der Waals surface area contributed by atoms with Crippen LogP contribution in [0.25, 0.3) is 0 Å². The van der Waals surface area contributed by atoms with Gasteiger partial charge >= 0.3 is 0 Å². The molecule has 0 aliphatic heterocycles. The molecule has 90 valence electrons. The molecule has 2 aromatic carbocycles. The summed E-state index contributed by atoms with van der Waals surface area (Å²) in [5, 5.41) is 8.97. The van der Waals surface area contributed by atoms with Gasteiger partial charge in [-0.25, -0.2) is 4.39 Å². The standard InChI is InChI=1S/C15H12FNS/c1-11(13-4-6-14(16)7-5-13)18-15-8-2-12(10-17)3-9-15/h2-9,11H,1H3. The maximum atomic E-state index is 12.8. The van der Waals surface area contributed by atoms with Crippen molar-refractivity contribution in [1.29, 1.82) is 5.26 Å². The van der Waals surface area contributed by atoms with Crippen LogP contribution in [0.4, 0.5) is 4.39 Å². The number of rotatable bonds is 3.